The minimum atomic E-state index is -2.78. The lowest BCUT2D eigenvalue weighted by Gasteiger charge is -2.09. The van der Waals surface area contributed by atoms with Gasteiger partial charge < -0.3 is 5.73 Å². The zero-order chi connectivity index (χ0) is 9.69. The van der Waals surface area contributed by atoms with Crippen LogP contribution in [0.4, 0.5) is 8.78 Å². The zero-order valence-electron chi connectivity index (χ0n) is 6.60. The number of pyridine rings is 1. The van der Waals surface area contributed by atoms with Crippen LogP contribution in [-0.4, -0.2) is 10.9 Å². The molecule has 1 unspecified atom stereocenters. The number of nitrogens with zero attached hydrogens (tertiary/aromatic N) is 1. The van der Waals surface area contributed by atoms with Crippen LogP contribution >= 0.6 is 15.9 Å². The normalized spacial score (nSPS) is 30.2. The van der Waals surface area contributed by atoms with Gasteiger partial charge in [0.2, 0.25) is 0 Å². The van der Waals surface area contributed by atoms with E-state index in [1.54, 1.807) is 12.1 Å². The molecule has 1 heterocycles. The number of halogens is 3. The summed E-state index contributed by atoms with van der Waals surface area (Å²) in [6.07, 6.45) is 1.09. The molecule has 1 atom stereocenters. The summed E-state index contributed by atoms with van der Waals surface area (Å²) in [4.78, 5) is 3.85. The summed E-state index contributed by atoms with van der Waals surface area (Å²) in [7, 11) is 0. The average Bonchev–Trinajstić information content (AvgIpc) is 2.53. The fourth-order valence-electron chi connectivity index (χ4n) is 1.26. The van der Waals surface area contributed by atoms with Crippen molar-refractivity contribution in [2.24, 2.45) is 5.73 Å². The first kappa shape index (κ1) is 9.02. The first-order chi connectivity index (χ1) is 5.96. The number of hydrogen-bond donors (Lipinski definition) is 1. The highest BCUT2D eigenvalue weighted by atomic mass is 79.9. The zero-order valence-corrected chi connectivity index (χ0v) is 8.18. The number of hydrogen-bond acceptors (Lipinski definition) is 2. The third kappa shape index (κ3) is 1.26. The van der Waals surface area contributed by atoms with Crippen LogP contribution in [0.5, 0.6) is 0 Å². The van der Waals surface area contributed by atoms with Gasteiger partial charge in [-0.3, -0.25) is 0 Å². The molecule has 0 saturated heterocycles. The molecule has 0 aliphatic heterocycles. The van der Waals surface area contributed by atoms with Crippen LogP contribution in [-0.2, 0) is 5.54 Å². The summed E-state index contributed by atoms with van der Waals surface area (Å²) in [5, 5.41) is 0. The minimum absolute atomic E-state index is 0.288. The molecule has 1 saturated carbocycles. The van der Waals surface area contributed by atoms with Crippen molar-refractivity contribution in [3.05, 3.63) is 28.5 Å². The molecule has 70 valence electrons. The Hall–Kier alpha value is -0.550. The third-order valence-electron chi connectivity index (χ3n) is 2.27. The van der Waals surface area contributed by atoms with Gasteiger partial charge in [-0.05, 0) is 27.6 Å². The van der Waals surface area contributed by atoms with Crippen LogP contribution in [0.25, 0.3) is 0 Å². The number of rotatable bonds is 1. The Bertz CT molecular complexity index is 339. The molecule has 2 nitrogen and oxygen atoms in total. The molecule has 0 aromatic carbocycles. The molecule has 0 radical (unpaired) electrons. The lowest BCUT2D eigenvalue weighted by atomic mass is 10.1. The van der Waals surface area contributed by atoms with Gasteiger partial charge in [-0.25, -0.2) is 13.8 Å². The first-order valence-electron chi connectivity index (χ1n) is 3.74. The third-order valence-corrected chi connectivity index (χ3v) is 2.74. The number of nitrogens with two attached hydrogens (primary N) is 1. The molecular formula is C8H7BrF2N2. The van der Waals surface area contributed by atoms with E-state index < -0.39 is 11.5 Å². The van der Waals surface area contributed by atoms with Crippen molar-refractivity contribution in [3.8, 4) is 0 Å². The van der Waals surface area contributed by atoms with E-state index in [4.69, 9.17) is 5.73 Å². The van der Waals surface area contributed by atoms with Crippen LogP contribution in [0.15, 0.2) is 22.9 Å². The largest absolute Gasteiger partial charge is 0.316 e. The predicted molar refractivity (Wildman–Crippen MR) is 47.4 cm³/mol. The Labute approximate surface area is 82.3 Å². The Kier molecular flexibility index (Phi) is 1.72. The van der Waals surface area contributed by atoms with E-state index >= 15 is 0 Å². The van der Waals surface area contributed by atoms with E-state index in [1.807, 2.05) is 0 Å². The van der Waals surface area contributed by atoms with Crippen molar-refractivity contribution in [2.75, 3.05) is 0 Å². The van der Waals surface area contributed by atoms with Gasteiger partial charge in [-0.15, -0.1) is 0 Å². The van der Waals surface area contributed by atoms with E-state index in [-0.39, 0.29) is 6.42 Å². The quantitative estimate of drug-likeness (QED) is 0.773. The Balaban J connectivity index is 2.34. The van der Waals surface area contributed by atoms with Gasteiger partial charge in [0.1, 0.15) is 10.1 Å². The second-order valence-electron chi connectivity index (χ2n) is 3.22. The second-order valence-corrected chi connectivity index (χ2v) is 4.03. The van der Waals surface area contributed by atoms with Gasteiger partial charge in [0.15, 0.2) is 0 Å². The molecule has 0 spiro atoms. The van der Waals surface area contributed by atoms with Gasteiger partial charge in [0.05, 0.1) is 0 Å². The summed E-state index contributed by atoms with van der Waals surface area (Å²) in [5.41, 5.74) is 4.39. The molecule has 1 aromatic rings. The van der Waals surface area contributed by atoms with E-state index in [9.17, 15) is 8.78 Å². The highest BCUT2D eigenvalue weighted by Crippen LogP contribution is 2.57. The summed E-state index contributed by atoms with van der Waals surface area (Å²) >= 11 is 3.12. The van der Waals surface area contributed by atoms with Crippen molar-refractivity contribution in [3.63, 3.8) is 0 Å². The Morgan fingerprint density at radius 1 is 1.46 bits per heavy atom. The van der Waals surface area contributed by atoms with Crippen molar-refractivity contribution in [1.82, 2.24) is 4.98 Å². The van der Waals surface area contributed by atoms with Crippen molar-refractivity contribution < 1.29 is 8.78 Å². The van der Waals surface area contributed by atoms with Gasteiger partial charge in [0.25, 0.3) is 5.92 Å². The van der Waals surface area contributed by atoms with Crippen LogP contribution in [0.3, 0.4) is 0 Å². The SMILES string of the molecule is NC1(c2ccc(Br)nc2)CC1(F)F. The number of alkyl halides is 2. The fraction of sp³-hybridized carbons (Fsp3) is 0.375. The lowest BCUT2D eigenvalue weighted by Crippen LogP contribution is -2.27. The highest BCUT2D eigenvalue weighted by molar-refractivity contribution is 9.10. The smallest absolute Gasteiger partial charge is 0.272 e. The fourth-order valence-corrected chi connectivity index (χ4v) is 1.49. The molecule has 2 rings (SSSR count). The summed E-state index contributed by atoms with van der Waals surface area (Å²) in [6, 6.07) is 3.18. The summed E-state index contributed by atoms with van der Waals surface area (Å²) < 4.78 is 26.2. The number of aromatic nitrogens is 1. The van der Waals surface area contributed by atoms with Gasteiger partial charge >= 0.3 is 0 Å². The summed E-state index contributed by atoms with van der Waals surface area (Å²) in [6.45, 7) is 0. The molecule has 1 aliphatic carbocycles. The maximum Gasteiger partial charge on any atom is 0.272 e. The van der Waals surface area contributed by atoms with E-state index in [2.05, 4.69) is 20.9 Å². The van der Waals surface area contributed by atoms with Crippen molar-refractivity contribution >= 4 is 15.9 Å². The Morgan fingerprint density at radius 2 is 2.08 bits per heavy atom. The molecular weight excluding hydrogens is 242 g/mol. The second kappa shape index (κ2) is 2.48. The van der Waals surface area contributed by atoms with Crippen molar-refractivity contribution in [1.29, 1.82) is 0 Å². The molecule has 1 fully saturated rings. The van der Waals surface area contributed by atoms with Crippen LogP contribution in [0, 0.1) is 0 Å². The first-order valence-corrected chi connectivity index (χ1v) is 4.54. The molecule has 1 aromatic heterocycles. The topological polar surface area (TPSA) is 38.9 Å². The maximum atomic E-state index is 12.8. The van der Waals surface area contributed by atoms with Gasteiger partial charge in [-0.1, -0.05) is 6.07 Å². The maximum absolute atomic E-state index is 12.8. The predicted octanol–water partition coefficient (Wildman–Crippen LogP) is 2.04. The van der Waals surface area contributed by atoms with Crippen LogP contribution in [0.2, 0.25) is 0 Å². The Morgan fingerprint density at radius 3 is 2.46 bits per heavy atom. The molecule has 13 heavy (non-hydrogen) atoms. The average molecular weight is 249 g/mol. The molecule has 0 amide bonds. The van der Waals surface area contributed by atoms with Crippen LogP contribution in [0.1, 0.15) is 12.0 Å². The minimum Gasteiger partial charge on any atom is -0.316 e. The monoisotopic (exact) mass is 248 g/mol. The molecule has 5 heteroatoms. The van der Waals surface area contributed by atoms with E-state index in [1.165, 1.54) is 6.20 Å². The van der Waals surface area contributed by atoms with E-state index in [0.29, 0.717) is 10.2 Å². The van der Waals surface area contributed by atoms with E-state index in [0.717, 1.165) is 0 Å². The summed E-state index contributed by atoms with van der Waals surface area (Å²) in [5.74, 6) is -2.78. The van der Waals surface area contributed by atoms with Crippen molar-refractivity contribution in [2.45, 2.75) is 17.9 Å². The molecule has 1 aliphatic rings. The standard InChI is InChI=1S/C8H7BrF2N2/c9-6-2-1-5(3-13-6)7(12)4-8(7,10)11/h1-3H,4,12H2. The lowest BCUT2D eigenvalue weighted by molar-refractivity contribution is 0.0890. The van der Waals surface area contributed by atoms with Gasteiger partial charge in [0, 0.05) is 12.6 Å². The molecule has 2 N–H and O–H groups in total. The highest BCUT2D eigenvalue weighted by Gasteiger charge is 2.70. The molecule has 0 bridgehead atoms. The van der Waals surface area contributed by atoms with Gasteiger partial charge in [-0.2, -0.15) is 0 Å². The van der Waals surface area contributed by atoms with Crippen LogP contribution < -0.4 is 5.73 Å².